The van der Waals surface area contributed by atoms with E-state index in [2.05, 4.69) is 30.1 Å². The minimum Gasteiger partial charge on any atom is -0.459 e. The highest BCUT2D eigenvalue weighted by atomic mass is 35.5. The number of oxime groups is 1. The number of nitrogens with one attached hydrogen (secondary N) is 1. The predicted octanol–water partition coefficient (Wildman–Crippen LogP) is 10.0. The van der Waals surface area contributed by atoms with Crippen molar-refractivity contribution >= 4 is 29.5 Å². The van der Waals surface area contributed by atoms with Gasteiger partial charge in [-0.05, 0) is 74.1 Å². The summed E-state index contributed by atoms with van der Waals surface area (Å²) in [5.74, 6) is -0.903. The third kappa shape index (κ3) is 13.3. The first-order valence-corrected chi connectivity index (χ1v) is 23.4. The van der Waals surface area contributed by atoms with Gasteiger partial charge < -0.3 is 39.3 Å². The number of carbonyl (C=O) groups excluding carboxylic acids is 2. The molecule has 3 aliphatic rings. The third-order valence-electron chi connectivity index (χ3n) is 12.2. The monoisotopic (exact) mass is 860 g/mol. The summed E-state index contributed by atoms with van der Waals surface area (Å²) in [6, 6.07) is 4.81. The van der Waals surface area contributed by atoms with Crippen LogP contribution in [0.3, 0.4) is 0 Å². The number of carbonyl (C=O) groups is 2. The van der Waals surface area contributed by atoms with Gasteiger partial charge in [0.15, 0.2) is 0 Å². The van der Waals surface area contributed by atoms with Crippen molar-refractivity contribution in [1.29, 1.82) is 0 Å². The van der Waals surface area contributed by atoms with E-state index in [0.717, 1.165) is 56.1 Å². The summed E-state index contributed by atoms with van der Waals surface area (Å²) in [6.45, 7) is 9.50. The van der Waals surface area contributed by atoms with Crippen molar-refractivity contribution in [3.63, 3.8) is 0 Å². The number of benzene rings is 1. The van der Waals surface area contributed by atoms with Crippen molar-refractivity contribution in [2.75, 3.05) is 52.5 Å². The second-order valence-electron chi connectivity index (χ2n) is 16.5. The van der Waals surface area contributed by atoms with Crippen molar-refractivity contribution in [2.24, 2.45) is 22.9 Å². The predicted molar refractivity (Wildman–Crippen MR) is 237 cm³/mol. The summed E-state index contributed by atoms with van der Waals surface area (Å²) < 4.78 is 25.7. The molecule has 4 rings (SSSR count). The van der Waals surface area contributed by atoms with Gasteiger partial charge >= 0.3 is 12.2 Å². The van der Waals surface area contributed by atoms with Gasteiger partial charge in [0, 0.05) is 44.2 Å². The zero-order valence-corrected chi connectivity index (χ0v) is 37.4. The lowest BCUT2D eigenvalue weighted by atomic mass is 9.55. The molecule has 0 aromatic heterocycles. The summed E-state index contributed by atoms with van der Waals surface area (Å²) in [4.78, 5) is 34.3. The largest absolute Gasteiger partial charge is 0.459 e. The summed E-state index contributed by atoms with van der Waals surface area (Å²) in [7, 11) is 1.52. The highest BCUT2D eigenvalue weighted by molar-refractivity contribution is 6.18. The van der Waals surface area contributed by atoms with Crippen LogP contribution >= 0.6 is 11.6 Å². The van der Waals surface area contributed by atoms with Crippen LogP contribution in [0.2, 0.25) is 0 Å². The maximum absolute atomic E-state index is 13.9. The number of hydrogen-bond donors (Lipinski definition) is 3. The number of nitrogens with zero attached hydrogens (tertiary/aromatic N) is 2. The Morgan fingerprint density at radius 1 is 0.983 bits per heavy atom. The van der Waals surface area contributed by atoms with E-state index in [4.69, 9.17) is 35.4 Å². The number of ether oxygens (including phenoxy) is 4. The Morgan fingerprint density at radius 2 is 1.68 bits per heavy atom. The lowest BCUT2D eigenvalue weighted by Crippen LogP contribution is -2.70. The standard InChI is InChI=1S/C47H74ClN3O9/c1-5-8-9-10-11-12-13-14-15-18-26-49-45(54)59-36-23-24-41-39(33-36)43-37(22-17-20-29-53)35(21-16-19-28-52)32-38-40(50-56-4)34-42(47(60-41,44(38)43)58-30-7-3)51(27-6-2)46(55)57-31-25-48/h7,23-24,32-33,35,37,42-44,52-53H,3,5-6,8-22,25-31,34H2,1-2,4H3,(H,49,54). The molecule has 338 valence electrons. The van der Waals surface area contributed by atoms with Crippen LogP contribution in [0.5, 0.6) is 11.5 Å². The molecule has 3 N–H and O–H groups in total. The van der Waals surface area contributed by atoms with Crippen LogP contribution in [0.4, 0.5) is 9.59 Å². The number of allylic oxidation sites excluding steroid dienone is 1. The maximum atomic E-state index is 13.9. The molecule has 6 atom stereocenters. The molecule has 60 heavy (non-hydrogen) atoms. The zero-order chi connectivity index (χ0) is 43.2. The average molecular weight is 861 g/mol. The Labute approximate surface area is 364 Å². The van der Waals surface area contributed by atoms with E-state index >= 15 is 0 Å². The van der Waals surface area contributed by atoms with Gasteiger partial charge in [-0.3, -0.25) is 4.90 Å². The number of unbranched alkanes of at least 4 members (excludes halogenated alkanes) is 11. The molecule has 0 saturated heterocycles. The molecule has 1 fully saturated rings. The van der Waals surface area contributed by atoms with Gasteiger partial charge in [-0.2, -0.15) is 0 Å². The van der Waals surface area contributed by atoms with Gasteiger partial charge in [0.05, 0.1) is 24.1 Å². The summed E-state index contributed by atoms with van der Waals surface area (Å²) in [6.07, 6.45) is 20.5. The molecule has 1 aliphatic heterocycles. The van der Waals surface area contributed by atoms with E-state index in [1.54, 1.807) is 17.0 Å². The smallest absolute Gasteiger partial charge is 0.412 e. The molecule has 0 radical (unpaired) electrons. The Hall–Kier alpha value is -3.32. The van der Waals surface area contributed by atoms with Gasteiger partial charge in [-0.25, -0.2) is 9.59 Å². The van der Waals surface area contributed by atoms with E-state index in [-0.39, 0.29) is 56.5 Å². The molecule has 1 heterocycles. The number of halogens is 1. The van der Waals surface area contributed by atoms with E-state index in [9.17, 15) is 19.8 Å². The minimum atomic E-state index is -1.40. The van der Waals surface area contributed by atoms with Crippen LogP contribution in [0, 0.1) is 17.8 Å². The molecule has 13 heteroatoms. The second kappa shape index (κ2) is 26.9. The molecule has 0 bridgehead atoms. The fourth-order valence-electron chi connectivity index (χ4n) is 9.59. The first-order chi connectivity index (χ1) is 29.3. The van der Waals surface area contributed by atoms with Crippen molar-refractivity contribution in [3.05, 3.63) is 48.1 Å². The van der Waals surface area contributed by atoms with Gasteiger partial charge in [0.25, 0.3) is 0 Å². The topological polar surface area (TPSA) is 148 Å². The number of aliphatic hydroxyl groups excluding tert-OH is 2. The van der Waals surface area contributed by atoms with Gasteiger partial charge in [0.2, 0.25) is 5.79 Å². The first-order valence-electron chi connectivity index (χ1n) is 22.9. The van der Waals surface area contributed by atoms with Crippen LogP contribution in [0.1, 0.15) is 141 Å². The van der Waals surface area contributed by atoms with Crippen LogP contribution in [-0.4, -0.2) is 97.3 Å². The van der Waals surface area contributed by atoms with Crippen LogP contribution in [0.15, 0.2) is 47.7 Å². The average Bonchev–Trinajstić information content (AvgIpc) is 3.25. The summed E-state index contributed by atoms with van der Waals surface area (Å²) in [5.41, 5.74) is 2.48. The normalized spacial score (nSPS) is 23.5. The van der Waals surface area contributed by atoms with Crippen LogP contribution in [0.25, 0.3) is 0 Å². The molecule has 2 amide bonds. The number of aliphatic hydroxyl groups is 2. The van der Waals surface area contributed by atoms with Gasteiger partial charge in [-0.1, -0.05) is 102 Å². The lowest BCUT2D eigenvalue weighted by Gasteiger charge is -2.59. The SMILES string of the molecule is C=CCOC12Oc3ccc(OC(=O)NCCCCCCCCCCCC)cc3C3C(CCCCO)C(CCCCO)C=C(C(=NOC)CC1N(CCC)C(=O)OCCCl)C32. The first kappa shape index (κ1) is 49.3. The molecular weight excluding hydrogens is 786 g/mol. The highest BCUT2D eigenvalue weighted by Crippen LogP contribution is 2.62. The van der Waals surface area contributed by atoms with E-state index < -0.39 is 29.9 Å². The second-order valence-corrected chi connectivity index (χ2v) is 16.8. The Morgan fingerprint density at radius 3 is 2.33 bits per heavy atom. The zero-order valence-electron chi connectivity index (χ0n) is 36.7. The third-order valence-corrected chi connectivity index (χ3v) is 12.4. The molecular formula is C47H74ClN3O9. The highest BCUT2D eigenvalue weighted by Gasteiger charge is 2.65. The van der Waals surface area contributed by atoms with Crippen molar-refractivity contribution in [2.45, 2.75) is 147 Å². The number of hydrogen-bond acceptors (Lipinski definition) is 10. The van der Waals surface area contributed by atoms with Gasteiger partial charge in [0.1, 0.15) is 31.3 Å². The number of rotatable bonds is 29. The fraction of sp³-hybridized carbons (Fsp3) is 0.723. The summed E-state index contributed by atoms with van der Waals surface area (Å²) in [5, 5.41) is 27.2. The Kier molecular flexibility index (Phi) is 22.1. The van der Waals surface area contributed by atoms with Crippen molar-refractivity contribution < 1.29 is 43.6 Å². The number of fused-ring (bicyclic) bond motifs is 2. The summed E-state index contributed by atoms with van der Waals surface area (Å²) >= 11 is 5.98. The number of amides is 2. The van der Waals surface area contributed by atoms with E-state index in [1.165, 1.54) is 52.1 Å². The minimum absolute atomic E-state index is 0.0316. The van der Waals surface area contributed by atoms with E-state index in [1.807, 2.05) is 19.1 Å². The maximum Gasteiger partial charge on any atom is 0.412 e. The molecule has 0 spiro atoms. The van der Waals surface area contributed by atoms with Crippen LogP contribution < -0.4 is 14.8 Å². The van der Waals surface area contributed by atoms with Crippen molar-refractivity contribution in [3.8, 4) is 11.5 Å². The molecule has 2 aliphatic carbocycles. The van der Waals surface area contributed by atoms with Crippen molar-refractivity contribution in [1.82, 2.24) is 10.2 Å². The molecule has 1 aromatic rings. The quantitative estimate of drug-likeness (QED) is 0.0310. The molecule has 1 saturated carbocycles. The lowest BCUT2D eigenvalue weighted by molar-refractivity contribution is -0.255. The number of alkyl halides is 1. The Bertz CT molecular complexity index is 1520. The van der Waals surface area contributed by atoms with Gasteiger partial charge in [-0.15, -0.1) is 18.2 Å². The van der Waals surface area contributed by atoms with E-state index in [0.29, 0.717) is 49.6 Å². The van der Waals surface area contributed by atoms with Crippen LogP contribution in [-0.2, 0) is 14.3 Å². The molecule has 12 nitrogen and oxygen atoms in total. The fourth-order valence-corrected chi connectivity index (χ4v) is 9.67. The molecule has 1 aromatic carbocycles. The Balaban J connectivity index is 1.73. The molecule has 6 unspecified atom stereocenters.